The van der Waals surface area contributed by atoms with E-state index in [0.29, 0.717) is 10.9 Å². The summed E-state index contributed by atoms with van der Waals surface area (Å²) in [6, 6.07) is 13.8. The first-order valence-corrected chi connectivity index (χ1v) is 9.40. The van der Waals surface area contributed by atoms with Crippen molar-refractivity contribution in [2.45, 2.75) is 13.8 Å². The molecule has 0 bridgehead atoms. The van der Waals surface area contributed by atoms with E-state index >= 15 is 0 Å². The minimum atomic E-state index is -0.239. The van der Waals surface area contributed by atoms with Crippen molar-refractivity contribution in [2.75, 3.05) is 11.9 Å². The van der Waals surface area contributed by atoms with Gasteiger partial charge in [-0.05, 0) is 47.5 Å². The third kappa shape index (κ3) is 4.67. The predicted octanol–water partition coefficient (Wildman–Crippen LogP) is 5.21. The third-order valence-corrected chi connectivity index (χ3v) is 4.92. The molecule has 1 N–H and O–H groups in total. The quantitative estimate of drug-likeness (QED) is 0.620. The van der Waals surface area contributed by atoms with Crippen molar-refractivity contribution >= 4 is 38.3 Å². The Morgan fingerprint density at radius 3 is 2.60 bits per heavy atom. The van der Waals surface area contributed by atoms with Crippen molar-refractivity contribution in [3.05, 3.63) is 63.4 Å². The molecule has 2 aromatic carbocycles. The molecule has 6 heteroatoms. The number of carbonyl (C=O) groups is 1. The Morgan fingerprint density at radius 2 is 1.88 bits per heavy atom. The maximum absolute atomic E-state index is 12.1. The number of hydrogen-bond acceptors (Lipinski definition) is 4. The highest BCUT2D eigenvalue weighted by Crippen LogP contribution is 2.27. The molecule has 0 aliphatic rings. The molecule has 1 amide bonds. The van der Waals surface area contributed by atoms with Gasteiger partial charge in [-0.3, -0.25) is 10.1 Å². The fourth-order valence-electron chi connectivity index (χ4n) is 2.21. The van der Waals surface area contributed by atoms with Crippen molar-refractivity contribution < 1.29 is 9.53 Å². The van der Waals surface area contributed by atoms with Crippen molar-refractivity contribution in [1.82, 2.24) is 4.98 Å². The third-order valence-electron chi connectivity index (χ3n) is 3.54. The van der Waals surface area contributed by atoms with Gasteiger partial charge in [0.05, 0.1) is 10.2 Å². The topological polar surface area (TPSA) is 51.2 Å². The van der Waals surface area contributed by atoms with Gasteiger partial charge >= 0.3 is 0 Å². The molecule has 25 heavy (non-hydrogen) atoms. The Balaban J connectivity index is 1.59. The average Bonchev–Trinajstić information content (AvgIpc) is 3.03. The van der Waals surface area contributed by atoms with Crippen molar-refractivity contribution in [2.24, 2.45) is 0 Å². The summed E-state index contributed by atoms with van der Waals surface area (Å²) in [5, 5.41) is 5.26. The summed E-state index contributed by atoms with van der Waals surface area (Å²) in [7, 11) is 0. The lowest BCUT2D eigenvalue weighted by molar-refractivity contribution is -0.118. The van der Waals surface area contributed by atoms with Gasteiger partial charge in [0.1, 0.15) is 5.75 Å². The summed E-state index contributed by atoms with van der Waals surface area (Å²) >= 11 is 4.83. The molecule has 0 fully saturated rings. The van der Waals surface area contributed by atoms with E-state index in [1.807, 2.05) is 61.7 Å². The first-order valence-electron chi connectivity index (χ1n) is 7.72. The lowest BCUT2D eigenvalue weighted by atomic mass is 10.1. The van der Waals surface area contributed by atoms with E-state index in [2.05, 4.69) is 26.2 Å². The van der Waals surface area contributed by atoms with Crippen molar-refractivity contribution in [1.29, 1.82) is 0 Å². The number of anilines is 1. The first kappa shape index (κ1) is 17.6. The van der Waals surface area contributed by atoms with Crippen LogP contribution < -0.4 is 10.1 Å². The van der Waals surface area contributed by atoms with E-state index < -0.39 is 0 Å². The maximum Gasteiger partial charge on any atom is 0.264 e. The molecule has 1 aromatic heterocycles. The molecule has 0 aliphatic carbocycles. The van der Waals surface area contributed by atoms with Gasteiger partial charge in [0, 0.05) is 10.9 Å². The second-order valence-electron chi connectivity index (χ2n) is 5.67. The summed E-state index contributed by atoms with van der Waals surface area (Å²) in [6.07, 6.45) is 0. The normalized spacial score (nSPS) is 10.5. The summed E-state index contributed by atoms with van der Waals surface area (Å²) in [5.74, 6) is 0.400. The second kappa shape index (κ2) is 7.80. The maximum atomic E-state index is 12.1. The molecule has 0 saturated heterocycles. The van der Waals surface area contributed by atoms with Gasteiger partial charge in [-0.2, -0.15) is 0 Å². The average molecular weight is 417 g/mol. The predicted molar refractivity (Wildman–Crippen MR) is 105 cm³/mol. The lowest BCUT2D eigenvalue weighted by Crippen LogP contribution is -2.20. The van der Waals surface area contributed by atoms with Crippen LogP contribution in [-0.4, -0.2) is 17.5 Å². The largest absolute Gasteiger partial charge is 0.483 e. The van der Waals surface area contributed by atoms with Gasteiger partial charge < -0.3 is 4.74 Å². The molecule has 128 valence electrons. The Bertz CT molecular complexity index is 891. The Kier molecular flexibility index (Phi) is 5.50. The summed E-state index contributed by atoms with van der Waals surface area (Å²) in [6.45, 7) is 3.97. The van der Waals surface area contributed by atoms with E-state index in [1.54, 1.807) is 0 Å². The monoisotopic (exact) mass is 416 g/mol. The van der Waals surface area contributed by atoms with Crippen LogP contribution in [0.2, 0.25) is 0 Å². The minimum absolute atomic E-state index is 0.0683. The van der Waals surface area contributed by atoms with E-state index in [0.717, 1.165) is 21.3 Å². The molecule has 0 unspecified atom stereocenters. The highest BCUT2D eigenvalue weighted by molar-refractivity contribution is 9.10. The van der Waals surface area contributed by atoms with Crippen LogP contribution in [-0.2, 0) is 4.79 Å². The van der Waals surface area contributed by atoms with Gasteiger partial charge in [0.25, 0.3) is 5.91 Å². The van der Waals surface area contributed by atoms with E-state index in [-0.39, 0.29) is 12.5 Å². The zero-order chi connectivity index (χ0) is 17.8. The molecular weight excluding hydrogens is 400 g/mol. The highest BCUT2D eigenvalue weighted by atomic mass is 79.9. The van der Waals surface area contributed by atoms with Gasteiger partial charge in [-0.1, -0.05) is 35.9 Å². The fourth-order valence-corrected chi connectivity index (χ4v) is 3.55. The molecular formula is C19H17BrN2O2S. The van der Waals surface area contributed by atoms with Crippen LogP contribution in [0.1, 0.15) is 11.1 Å². The first-order chi connectivity index (χ1) is 12.0. The second-order valence-corrected chi connectivity index (χ2v) is 7.39. The number of aryl methyl sites for hydroxylation is 2. The molecule has 0 aliphatic heterocycles. The van der Waals surface area contributed by atoms with Crippen molar-refractivity contribution in [3.8, 4) is 17.0 Å². The lowest BCUT2D eigenvalue weighted by Gasteiger charge is -2.08. The number of aromatic nitrogens is 1. The molecule has 0 saturated carbocycles. The Hall–Kier alpha value is -2.18. The SMILES string of the molecule is Cc1ccc(-c2csc(NC(=O)COc3ccc(C)cc3Br)n2)cc1. The number of rotatable bonds is 5. The number of hydrogen-bond donors (Lipinski definition) is 1. The number of nitrogens with one attached hydrogen (secondary N) is 1. The van der Waals surface area contributed by atoms with Crippen LogP contribution in [0.5, 0.6) is 5.75 Å². The smallest absolute Gasteiger partial charge is 0.264 e. The van der Waals surface area contributed by atoms with Crippen LogP contribution in [0.3, 0.4) is 0 Å². The number of amides is 1. The number of carbonyl (C=O) groups excluding carboxylic acids is 1. The number of nitrogens with zero attached hydrogens (tertiary/aromatic N) is 1. The fraction of sp³-hybridized carbons (Fsp3) is 0.158. The van der Waals surface area contributed by atoms with Crippen LogP contribution in [0, 0.1) is 13.8 Å². The minimum Gasteiger partial charge on any atom is -0.483 e. The molecule has 4 nitrogen and oxygen atoms in total. The van der Waals surface area contributed by atoms with Gasteiger partial charge in [-0.25, -0.2) is 4.98 Å². The Morgan fingerprint density at radius 1 is 1.16 bits per heavy atom. The Labute approximate surface area is 159 Å². The van der Waals surface area contributed by atoms with Crippen LogP contribution >= 0.6 is 27.3 Å². The highest BCUT2D eigenvalue weighted by Gasteiger charge is 2.10. The zero-order valence-electron chi connectivity index (χ0n) is 13.9. The number of ether oxygens (including phenoxy) is 1. The summed E-state index contributed by atoms with van der Waals surface area (Å²) in [5.41, 5.74) is 4.20. The summed E-state index contributed by atoms with van der Waals surface area (Å²) in [4.78, 5) is 16.5. The van der Waals surface area contributed by atoms with Crippen LogP contribution in [0.4, 0.5) is 5.13 Å². The molecule has 0 atom stereocenters. The van der Waals surface area contributed by atoms with E-state index in [1.165, 1.54) is 16.9 Å². The van der Waals surface area contributed by atoms with Gasteiger partial charge in [0.15, 0.2) is 11.7 Å². The number of halogens is 1. The van der Waals surface area contributed by atoms with E-state index in [4.69, 9.17) is 4.74 Å². The van der Waals surface area contributed by atoms with Gasteiger partial charge in [0.2, 0.25) is 0 Å². The van der Waals surface area contributed by atoms with Crippen LogP contribution in [0.15, 0.2) is 52.3 Å². The zero-order valence-corrected chi connectivity index (χ0v) is 16.3. The number of benzene rings is 2. The molecule has 3 rings (SSSR count). The van der Waals surface area contributed by atoms with E-state index in [9.17, 15) is 4.79 Å². The summed E-state index contributed by atoms with van der Waals surface area (Å²) < 4.78 is 6.38. The van der Waals surface area contributed by atoms with Crippen molar-refractivity contribution in [3.63, 3.8) is 0 Å². The molecule has 0 spiro atoms. The molecule has 1 heterocycles. The number of thiazole rings is 1. The molecule has 3 aromatic rings. The molecule has 0 radical (unpaired) electrons. The standard InChI is InChI=1S/C19H17BrN2O2S/c1-12-3-6-14(7-4-12)16-11-25-19(21-16)22-18(23)10-24-17-8-5-13(2)9-15(17)20/h3-9,11H,10H2,1-2H3,(H,21,22,23). The van der Waals surface area contributed by atoms with Crippen LogP contribution in [0.25, 0.3) is 11.3 Å². The van der Waals surface area contributed by atoms with Gasteiger partial charge in [-0.15, -0.1) is 11.3 Å².